The first-order valence-electron chi connectivity index (χ1n) is 39.3. The summed E-state index contributed by atoms with van der Waals surface area (Å²) in [5.41, 5.74) is 0. The SMILES string of the molecule is CCC(C)CCCCCCCCCCCCC(=O)O[C@H](COC(=O)CCCCCCCCCCCC(C)C)COP(=O)(O)OC[C@@H](O)COP(=O)(O)OC[C@@H](COC(=O)CCCCCCCCC(C)CC)OC(=O)CCCCCCCCCCCCCCCCCCC(C)C. The van der Waals surface area contributed by atoms with Crippen LogP contribution >= 0.6 is 15.6 Å². The first kappa shape index (κ1) is 93.1. The van der Waals surface area contributed by atoms with Crippen LogP contribution in [0.4, 0.5) is 0 Å². The molecule has 3 N–H and O–H groups in total. The Kier molecular flexibility index (Phi) is 64.0. The van der Waals surface area contributed by atoms with Crippen LogP contribution in [0.15, 0.2) is 0 Å². The molecule has 0 radical (unpaired) electrons. The van der Waals surface area contributed by atoms with Crippen LogP contribution in [-0.4, -0.2) is 96.7 Å². The first-order chi connectivity index (χ1) is 45.7. The second-order valence-corrected chi connectivity index (χ2v) is 31.7. The van der Waals surface area contributed by atoms with Crippen molar-refractivity contribution in [3.8, 4) is 0 Å². The third-order valence-electron chi connectivity index (χ3n) is 18.3. The van der Waals surface area contributed by atoms with Gasteiger partial charge in [-0.3, -0.25) is 37.3 Å². The molecule has 0 saturated heterocycles. The van der Waals surface area contributed by atoms with Crippen molar-refractivity contribution in [2.45, 2.75) is 401 Å². The Morgan fingerprint density at radius 3 is 0.747 bits per heavy atom. The van der Waals surface area contributed by atoms with Gasteiger partial charge in [0.1, 0.15) is 19.3 Å². The monoisotopic (exact) mass is 1400 g/mol. The minimum Gasteiger partial charge on any atom is -0.462 e. The first-order valence-corrected chi connectivity index (χ1v) is 42.3. The molecule has 19 heteroatoms. The number of carbonyl (C=O) groups is 4. The highest BCUT2D eigenvalue weighted by Gasteiger charge is 2.30. The molecule has 0 aliphatic carbocycles. The molecule has 0 heterocycles. The number of aliphatic hydroxyl groups is 1. The lowest BCUT2D eigenvalue weighted by atomic mass is 9.99. The van der Waals surface area contributed by atoms with Crippen LogP contribution in [-0.2, 0) is 65.4 Å². The molecule has 0 aromatic heterocycles. The molecule has 0 spiro atoms. The molecule has 0 fully saturated rings. The Hall–Kier alpha value is -1.94. The lowest BCUT2D eigenvalue weighted by molar-refractivity contribution is -0.161. The summed E-state index contributed by atoms with van der Waals surface area (Å²) in [4.78, 5) is 72.8. The Labute approximate surface area is 581 Å². The maximum atomic E-state index is 13.1. The van der Waals surface area contributed by atoms with Crippen LogP contribution in [0.3, 0.4) is 0 Å². The van der Waals surface area contributed by atoms with E-state index in [1.54, 1.807) is 0 Å². The number of aliphatic hydroxyl groups excluding tert-OH is 1. The predicted molar refractivity (Wildman–Crippen MR) is 386 cm³/mol. The van der Waals surface area contributed by atoms with E-state index >= 15 is 0 Å². The van der Waals surface area contributed by atoms with Gasteiger partial charge in [-0.2, -0.15) is 0 Å². The highest BCUT2D eigenvalue weighted by molar-refractivity contribution is 7.47. The summed E-state index contributed by atoms with van der Waals surface area (Å²) in [7, 11) is -9.91. The average molecular weight is 1400 g/mol. The number of phosphoric ester groups is 2. The van der Waals surface area contributed by atoms with Gasteiger partial charge in [0.05, 0.1) is 26.4 Å². The summed E-state index contributed by atoms with van der Waals surface area (Å²) in [6, 6.07) is 0. The van der Waals surface area contributed by atoms with Gasteiger partial charge in [0.2, 0.25) is 0 Å². The maximum absolute atomic E-state index is 13.1. The number of unbranched alkanes of at least 4 members (excludes halogenated alkanes) is 37. The molecular formula is C76H148O17P2. The zero-order chi connectivity index (χ0) is 70.3. The normalized spacial score (nSPS) is 14.7. The molecule has 0 bridgehead atoms. The molecule has 0 aliphatic rings. The van der Waals surface area contributed by atoms with Crippen LogP contribution < -0.4 is 0 Å². The maximum Gasteiger partial charge on any atom is 0.472 e. The lowest BCUT2D eigenvalue weighted by Gasteiger charge is -2.21. The van der Waals surface area contributed by atoms with E-state index in [9.17, 15) is 43.2 Å². The molecule has 0 rings (SSSR count). The Bertz CT molecular complexity index is 1870. The predicted octanol–water partition coefficient (Wildman–Crippen LogP) is 22.0. The molecule has 0 amide bonds. The van der Waals surface area contributed by atoms with Gasteiger partial charge in [0.15, 0.2) is 12.2 Å². The number of hydrogen-bond acceptors (Lipinski definition) is 15. The number of esters is 4. The van der Waals surface area contributed by atoms with Gasteiger partial charge in [0, 0.05) is 25.7 Å². The average Bonchev–Trinajstić information content (AvgIpc) is 2.53. The van der Waals surface area contributed by atoms with Gasteiger partial charge < -0.3 is 33.8 Å². The molecule has 4 unspecified atom stereocenters. The van der Waals surface area contributed by atoms with E-state index in [1.807, 2.05) is 0 Å². The smallest absolute Gasteiger partial charge is 0.462 e. The van der Waals surface area contributed by atoms with Gasteiger partial charge in [-0.25, -0.2) is 9.13 Å². The van der Waals surface area contributed by atoms with E-state index in [-0.39, 0.29) is 25.7 Å². The molecular weight excluding hydrogens is 1250 g/mol. The summed E-state index contributed by atoms with van der Waals surface area (Å²) in [5.74, 6) is 0.965. The van der Waals surface area contributed by atoms with Gasteiger partial charge >= 0.3 is 39.5 Å². The number of rotatable bonds is 73. The van der Waals surface area contributed by atoms with E-state index in [0.29, 0.717) is 25.7 Å². The minimum atomic E-state index is -4.96. The second kappa shape index (κ2) is 65.4. The molecule has 0 aromatic carbocycles. The van der Waals surface area contributed by atoms with Crippen molar-refractivity contribution in [1.29, 1.82) is 0 Å². The van der Waals surface area contributed by atoms with E-state index in [2.05, 4.69) is 55.4 Å². The fraction of sp³-hybridized carbons (Fsp3) is 0.947. The molecule has 0 aromatic rings. The zero-order valence-corrected chi connectivity index (χ0v) is 64.1. The molecule has 17 nitrogen and oxygen atoms in total. The van der Waals surface area contributed by atoms with E-state index in [4.69, 9.17) is 37.0 Å². The quantitative estimate of drug-likeness (QED) is 0.0222. The fourth-order valence-corrected chi connectivity index (χ4v) is 13.1. The number of ether oxygens (including phenoxy) is 4. The van der Waals surface area contributed by atoms with E-state index in [0.717, 1.165) is 120 Å². The Morgan fingerprint density at radius 1 is 0.295 bits per heavy atom. The fourth-order valence-electron chi connectivity index (χ4n) is 11.5. The van der Waals surface area contributed by atoms with Crippen LogP contribution in [0.25, 0.3) is 0 Å². The van der Waals surface area contributed by atoms with Crippen molar-refractivity contribution in [3.05, 3.63) is 0 Å². The van der Waals surface area contributed by atoms with E-state index < -0.39 is 97.5 Å². The van der Waals surface area contributed by atoms with Crippen LogP contribution in [0.2, 0.25) is 0 Å². The van der Waals surface area contributed by atoms with Crippen LogP contribution in [0.5, 0.6) is 0 Å². The van der Waals surface area contributed by atoms with Crippen molar-refractivity contribution in [1.82, 2.24) is 0 Å². The van der Waals surface area contributed by atoms with Gasteiger partial charge in [0.25, 0.3) is 0 Å². The van der Waals surface area contributed by atoms with Gasteiger partial charge in [-0.15, -0.1) is 0 Å². The van der Waals surface area contributed by atoms with Crippen molar-refractivity contribution < 1.29 is 80.2 Å². The molecule has 95 heavy (non-hydrogen) atoms. The van der Waals surface area contributed by atoms with Crippen LogP contribution in [0, 0.1) is 23.7 Å². The lowest BCUT2D eigenvalue weighted by Crippen LogP contribution is -2.30. The van der Waals surface area contributed by atoms with Crippen molar-refractivity contribution in [2.75, 3.05) is 39.6 Å². The largest absolute Gasteiger partial charge is 0.472 e. The topological polar surface area (TPSA) is 237 Å². The molecule has 0 aliphatic heterocycles. The van der Waals surface area contributed by atoms with Crippen molar-refractivity contribution in [2.24, 2.45) is 23.7 Å². The summed E-state index contributed by atoms with van der Waals surface area (Å²) >= 11 is 0. The highest BCUT2D eigenvalue weighted by Crippen LogP contribution is 2.45. The summed E-state index contributed by atoms with van der Waals surface area (Å²) < 4.78 is 68.5. The third-order valence-corrected chi connectivity index (χ3v) is 20.2. The number of carbonyl (C=O) groups excluding carboxylic acids is 4. The van der Waals surface area contributed by atoms with E-state index in [1.165, 1.54) is 180 Å². The standard InChI is InChI=1S/C76H148O17P2/c1-9-68(7)54-46-38-30-24-19-20-26-33-43-51-59-76(81)92-71(62-86-73(78)56-48-40-31-27-21-23-29-37-45-53-67(5)6)64-90-94(82,83)88-60-70(77)61-89-95(84,85)91-65-72(63-87-74(79)57-49-41-35-34-39-47-55-69(8)10-2)93-75(80)58-50-42-32-25-18-16-14-12-11-13-15-17-22-28-36-44-52-66(3)4/h66-72,77H,9-65H2,1-8H3,(H,82,83)(H,84,85)/t68?,69?,70-,71-,72-/m1/s1. The summed E-state index contributed by atoms with van der Waals surface area (Å²) in [6.45, 7) is 14.2. The zero-order valence-electron chi connectivity index (χ0n) is 62.3. The van der Waals surface area contributed by atoms with Gasteiger partial charge in [-0.05, 0) is 49.4 Å². The molecule has 0 saturated carbocycles. The van der Waals surface area contributed by atoms with Gasteiger partial charge in [-0.1, -0.05) is 331 Å². The second-order valence-electron chi connectivity index (χ2n) is 28.8. The molecule has 7 atom stereocenters. The minimum absolute atomic E-state index is 0.105. The summed E-state index contributed by atoms with van der Waals surface area (Å²) in [6.07, 6.45) is 49.9. The van der Waals surface area contributed by atoms with Crippen molar-refractivity contribution >= 4 is 39.5 Å². The van der Waals surface area contributed by atoms with Crippen molar-refractivity contribution in [3.63, 3.8) is 0 Å². The number of phosphoric acid groups is 2. The number of hydrogen-bond donors (Lipinski definition) is 3. The van der Waals surface area contributed by atoms with Crippen LogP contribution in [0.1, 0.15) is 383 Å². The Morgan fingerprint density at radius 2 is 0.505 bits per heavy atom. The molecule has 564 valence electrons. The third kappa shape index (κ3) is 67.6. The highest BCUT2D eigenvalue weighted by atomic mass is 31.2. The Balaban J connectivity index is 5.23. The summed E-state index contributed by atoms with van der Waals surface area (Å²) in [5, 5.41) is 10.6.